The summed E-state index contributed by atoms with van der Waals surface area (Å²) in [5.41, 5.74) is 2.11. The van der Waals surface area contributed by atoms with E-state index in [1.807, 2.05) is 31.2 Å². The van der Waals surface area contributed by atoms with Gasteiger partial charge in [0.2, 0.25) is 0 Å². The summed E-state index contributed by atoms with van der Waals surface area (Å²) < 4.78 is 38.7. The highest BCUT2D eigenvalue weighted by Crippen LogP contribution is 2.24. The summed E-state index contributed by atoms with van der Waals surface area (Å²) in [6.07, 6.45) is 0. The molecule has 0 aliphatic carbocycles. The van der Waals surface area contributed by atoms with Crippen LogP contribution in [0.25, 0.3) is 0 Å². The van der Waals surface area contributed by atoms with Gasteiger partial charge in [-0.2, -0.15) is 0 Å². The number of carbonyl (C=O) groups is 1. The molecule has 0 aliphatic heterocycles. The number of sulfonamides is 1. The summed E-state index contributed by atoms with van der Waals surface area (Å²) in [6.45, 7) is 8.63. The Labute approximate surface area is 201 Å². The van der Waals surface area contributed by atoms with Gasteiger partial charge in [-0.05, 0) is 78.6 Å². The molecule has 0 radical (unpaired) electrons. The number of nitrogens with one attached hydrogen (secondary N) is 2. The number of carbonyl (C=O) groups excluding carboxylic acids is 1. The molecule has 0 saturated heterocycles. The van der Waals surface area contributed by atoms with Crippen LogP contribution in [-0.4, -0.2) is 27.5 Å². The van der Waals surface area contributed by atoms with E-state index < -0.39 is 10.0 Å². The molecule has 0 atom stereocenters. The first-order valence-corrected chi connectivity index (χ1v) is 12.4. The van der Waals surface area contributed by atoms with E-state index >= 15 is 0 Å². The van der Waals surface area contributed by atoms with Crippen molar-refractivity contribution < 1.29 is 22.7 Å². The molecule has 2 N–H and O–H groups in total. The smallest absolute Gasteiger partial charge is 0.262 e. The number of anilines is 2. The molecule has 1 amide bonds. The van der Waals surface area contributed by atoms with Crippen molar-refractivity contribution in [3.8, 4) is 11.5 Å². The minimum atomic E-state index is -3.77. The normalized spacial score (nSPS) is 11.5. The van der Waals surface area contributed by atoms with Crippen molar-refractivity contribution in [2.45, 2.75) is 38.0 Å². The molecule has 0 fully saturated rings. The fourth-order valence-electron chi connectivity index (χ4n) is 3.11. The molecule has 0 aliphatic rings. The fraction of sp³-hybridized carbons (Fsp3) is 0.269. The topological polar surface area (TPSA) is 93.7 Å². The highest BCUT2D eigenvalue weighted by atomic mass is 32.2. The van der Waals surface area contributed by atoms with Crippen LogP contribution in [0.1, 0.15) is 33.3 Å². The van der Waals surface area contributed by atoms with Gasteiger partial charge in [0.25, 0.3) is 15.9 Å². The lowest BCUT2D eigenvalue weighted by Crippen LogP contribution is -2.20. The van der Waals surface area contributed by atoms with Gasteiger partial charge in [-0.3, -0.25) is 9.52 Å². The van der Waals surface area contributed by atoms with Gasteiger partial charge < -0.3 is 14.8 Å². The zero-order chi connectivity index (χ0) is 24.8. The van der Waals surface area contributed by atoms with Crippen LogP contribution in [0.3, 0.4) is 0 Å². The molecular formula is C26H30N2O5S. The average molecular weight is 483 g/mol. The first kappa shape index (κ1) is 25.1. The third-order valence-electron chi connectivity index (χ3n) is 4.96. The molecular weight excluding hydrogens is 452 g/mol. The molecule has 0 bridgehead atoms. The van der Waals surface area contributed by atoms with E-state index in [-0.39, 0.29) is 22.8 Å². The van der Waals surface area contributed by atoms with Crippen molar-refractivity contribution >= 4 is 27.3 Å². The van der Waals surface area contributed by atoms with Crippen molar-refractivity contribution in [3.63, 3.8) is 0 Å². The molecule has 0 heterocycles. The summed E-state index contributed by atoms with van der Waals surface area (Å²) in [6, 6.07) is 20.2. The standard InChI is InChI=1S/C26H30N2O5S/c1-5-32-22-14-8-21(9-15-22)28-34(30,31)24-16-10-20(11-17-24)27-25(29)18-33-23-12-6-19(7-13-23)26(2,3)4/h6-17,28H,5,18H2,1-4H3,(H,27,29). The van der Waals surface area contributed by atoms with E-state index in [1.165, 1.54) is 29.8 Å². The van der Waals surface area contributed by atoms with Gasteiger partial charge in [0.05, 0.1) is 11.5 Å². The Morgan fingerprint density at radius 1 is 0.794 bits per heavy atom. The fourth-order valence-corrected chi connectivity index (χ4v) is 4.17. The molecule has 0 spiro atoms. The first-order valence-electron chi connectivity index (χ1n) is 11.0. The Bertz CT molecular complexity index is 1200. The number of hydrogen-bond donors (Lipinski definition) is 2. The van der Waals surface area contributed by atoms with Crippen LogP contribution in [0.5, 0.6) is 11.5 Å². The summed E-state index contributed by atoms with van der Waals surface area (Å²) in [7, 11) is -3.77. The molecule has 8 heteroatoms. The second kappa shape index (κ2) is 10.6. The number of rotatable bonds is 9. The lowest BCUT2D eigenvalue weighted by atomic mass is 9.87. The van der Waals surface area contributed by atoms with Crippen LogP contribution in [0, 0.1) is 0 Å². The van der Waals surface area contributed by atoms with Crippen molar-refractivity contribution in [2.24, 2.45) is 0 Å². The maximum Gasteiger partial charge on any atom is 0.262 e. The molecule has 7 nitrogen and oxygen atoms in total. The Kier molecular flexibility index (Phi) is 7.83. The Balaban J connectivity index is 1.54. The lowest BCUT2D eigenvalue weighted by molar-refractivity contribution is -0.118. The number of ether oxygens (including phenoxy) is 2. The van der Waals surface area contributed by atoms with Gasteiger partial charge in [0.1, 0.15) is 11.5 Å². The third kappa shape index (κ3) is 6.99. The number of amides is 1. The van der Waals surface area contributed by atoms with Gasteiger partial charge in [-0.1, -0.05) is 32.9 Å². The summed E-state index contributed by atoms with van der Waals surface area (Å²) >= 11 is 0. The molecule has 3 aromatic carbocycles. The van der Waals surface area contributed by atoms with Gasteiger partial charge in [-0.15, -0.1) is 0 Å². The zero-order valence-corrected chi connectivity index (χ0v) is 20.6. The largest absolute Gasteiger partial charge is 0.494 e. The first-order chi connectivity index (χ1) is 16.1. The highest BCUT2D eigenvalue weighted by molar-refractivity contribution is 7.92. The predicted molar refractivity (Wildman–Crippen MR) is 134 cm³/mol. The molecule has 3 rings (SSSR count). The van der Waals surface area contributed by atoms with E-state index in [9.17, 15) is 13.2 Å². The molecule has 0 aromatic heterocycles. The molecule has 3 aromatic rings. The van der Waals surface area contributed by atoms with Crippen molar-refractivity contribution in [3.05, 3.63) is 78.4 Å². The lowest BCUT2D eigenvalue weighted by Gasteiger charge is -2.19. The second-order valence-electron chi connectivity index (χ2n) is 8.70. The number of hydrogen-bond acceptors (Lipinski definition) is 5. The van der Waals surface area contributed by atoms with Gasteiger partial charge in [-0.25, -0.2) is 8.42 Å². The van der Waals surface area contributed by atoms with E-state index in [0.29, 0.717) is 29.5 Å². The summed E-state index contributed by atoms with van der Waals surface area (Å²) in [4.78, 5) is 12.3. The Morgan fingerprint density at radius 3 is 1.88 bits per heavy atom. The molecule has 180 valence electrons. The van der Waals surface area contributed by atoms with Crippen molar-refractivity contribution in [1.29, 1.82) is 0 Å². The second-order valence-corrected chi connectivity index (χ2v) is 10.4. The summed E-state index contributed by atoms with van der Waals surface area (Å²) in [5, 5.41) is 2.70. The van der Waals surface area contributed by atoms with Gasteiger partial charge >= 0.3 is 0 Å². The molecule has 0 saturated carbocycles. The third-order valence-corrected chi connectivity index (χ3v) is 6.35. The Hall–Kier alpha value is -3.52. The van der Waals surface area contributed by atoms with Crippen LogP contribution in [0.15, 0.2) is 77.7 Å². The van der Waals surface area contributed by atoms with Crippen LogP contribution in [0.4, 0.5) is 11.4 Å². The van der Waals surface area contributed by atoms with E-state index in [2.05, 4.69) is 30.8 Å². The molecule has 34 heavy (non-hydrogen) atoms. The van der Waals surface area contributed by atoms with Crippen LogP contribution < -0.4 is 19.5 Å². The maximum absolute atomic E-state index is 12.6. The van der Waals surface area contributed by atoms with E-state index in [0.717, 1.165) is 0 Å². The minimum absolute atomic E-state index is 0.0410. The van der Waals surface area contributed by atoms with Crippen LogP contribution in [-0.2, 0) is 20.2 Å². The van der Waals surface area contributed by atoms with Gasteiger partial charge in [0.15, 0.2) is 6.61 Å². The van der Waals surface area contributed by atoms with Gasteiger partial charge in [0, 0.05) is 11.4 Å². The quantitative estimate of drug-likeness (QED) is 0.437. The summed E-state index contributed by atoms with van der Waals surface area (Å²) in [5.74, 6) is 0.921. The zero-order valence-electron chi connectivity index (χ0n) is 19.8. The average Bonchev–Trinajstić information content (AvgIpc) is 2.79. The predicted octanol–water partition coefficient (Wildman–Crippen LogP) is 5.20. The van der Waals surface area contributed by atoms with E-state index in [1.54, 1.807) is 24.3 Å². The maximum atomic E-state index is 12.6. The van der Waals surface area contributed by atoms with Crippen molar-refractivity contribution in [1.82, 2.24) is 0 Å². The Morgan fingerprint density at radius 2 is 1.32 bits per heavy atom. The SMILES string of the molecule is CCOc1ccc(NS(=O)(=O)c2ccc(NC(=O)COc3ccc(C(C)(C)C)cc3)cc2)cc1. The minimum Gasteiger partial charge on any atom is -0.494 e. The van der Waals surface area contributed by atoms with Crippen LogP contribution >= 0.6 is 0 Å². The number of benzene rings is 3. The monoisotopic (exact) mass is 482 g/mol. The van der Waals surface area contributed by atoms with E-state index in [4.69, 9.17) is 9.47 Å². The highest BCUT2D eigenvalue weighted by Gasteiger charge is 2.15. The molecule has 0 unspecified atom stereocenters. The van der Waals surface area contributed by atoms with Crippen molar-refractivity contribution in [2.75, 3.05) is 23.3 Å². The van der Waals surface area contributed by atoms with Crippen LogP contribution in [0.2, 0.25) is 0 Å².